The summed E-state index contributed by atoms with van der Waals surface area (Å²) in [6.45, 7) is 0.704. The Bertz CT molecular complexity index is 473. The third-order valence-corrected chi connectivity index (χ3v) is 2.65. The number of nitrogens with two attached hydrogens (primary N) is 1. The molecule has 5 heteroatoms. The number of rotatable bonds is 3. The Morgan fingerprint density at radius 1 is 1.25 bits per heavy atom. The lowest BCUT2D eigenvalue weighted by Crippen LogP contribution is -2.04. The molecular formula is C11H11BrN4. The highest BCUT2D eigenvalue weighted by Crippen LogP contribution is 2.19. The highest BCUT2D eigenvalue weighted by atomic mass is 79.9. The van der Waals surface area contributed by atoms with E-state index in [0.717, 1.165) is 4.47 Å². The molecule has 0 amide bonds. The Hall–Kier alpha value is -1.62. The average Bonchev–Trinajstić information content (AvgIpc) is 2.32. The zero-order valence-corrected chi connectivity index (χ0v) is 10.1. The zero-order valence-electron chi connectivity index (χ0n) is 8.52. The van der Waals surface area contributed by atoms with Crippen LogP contribution in [0, 0.1) is 0 Å². The molecule has 82 valence electrons. The van der Waals surface area contributed by atoms with Crippen LogP contribution in [0.3, 0.4) is 0 Å². The van der Waals surface area contributed by atoms with Gasteiger partial charge >= 0.3 is 0 Å². The van der Waals surface area contributed by atoms with Crippen molar-refractivity contribution in [1.82, 2.24) is 9.97 Å². The van der Waals surface area contributed by atoms with Crippen LogP contribution in [0.1, 0.15) is 5.56 Å². The van der Waals surface area contributed by atoms with E-state index in [4.69, 9.17) is 5.73 Å². The van der Waals surface area contributed by atoms with Crippen LogP contribution >= 0.6 is 15.9 Å². The topological polar surface area (TPSA) is 63.8 Å². The standard InChI is InChI=1S/C11H11BrN4/c12-9-7-15-11(13)16-10(9)14-6-8-4-2-1-3-5-8/h1-5,7H,6H2,(H3,13,14,15,16). The van der Waals surface area contributed by atoms with Crippen molar-refractivity contribution in [3.05, 3.63) is 46.6 Å². The summed E-state index contributed by atoms with van der Waals surface area (Å²) in [5.74, 6) is 0.968. The van der Waals surface area contributed by atoms with Crippen LogP contribution in [0.15, 0.2) is 41.0 Å². The van der Waals surface area contributed by atoms with Gasteiger partial charge in [-0.2, -0.15) is 4.98 Å². The first-order valence-corrected chi connectivity index (χ1v) is 5.61. The van der Waals surface area contributed by atoms with Crippen LogP contribution in [0.5, 0.6) is 0 Å². The molecule has 0 fully saturated rings. The Balaban J connectivity index is 2.08. The molecule has 0 saturated heterocycles. The van der Waals surface area contributed by atoms with E-state index in [0.29, 0.717) is 12.4 Å². The van der Waals surface area contributed by atoms with Gasteiger partial charge in [0.15, 0.2) is 0 Å². The molecule has 16 heavy (non-hydrogen) atoms. The SMILES string of the molecule is Nc1ncc(Br)c(NCc2ccccc2)n1. The van der Waals surface area contributed by atoms with Gasteiger partial charge in [0, 0.05) is 12.7 Å². The number of halogens is 1. The minimum atomic E-state index is 0.263. The first-order valence-electron chi connectivity index (χ1n) is 4.81. The molecular weight excluding hydrogens is 268 g/mol. The molecule has 1 heterocycles. The Morgan fingerprint density at radius 3 is 2.75 bits per heavy atom. The predicted molar refractivity (Wildman–Crippen MR) is 67.9 cm³/mol. The van der Waals surface area contributed by atoms with Gasteiger partial charge in [0.2, 0.25) is 5.95 Å². The molecule has 2 rings (SSSR count). The van der Waals surface area contributed by atoms with E-state index < -0.39 is 0 Å². The van der Waals surface area contributed by atoms with E-state index in [1.165, 1.54) is 5.56 Å². The number of hydrogen-bond donors (Lipinski definition) is 2. The van der Waals surface area contributed by atoms with E-state index in [1.54, 1.807) is 6.20 Å². The van der Waals surface area contributed by atoms with Crippen molar-refractivity contribution in [3.63, 3.8) is 0 Å². The lowest BCUT2D eigenvalue weighted by molar-refractivity contribution is 1.08. The van der Waals surface area contributed by atoms with Crippen LogP contribution < -0.4 is 11.1 Å². The fraction of sp³-hybridized carbons (Fsp3) is 0.0909. The number of nitrogens with one attached hydrogen (secondary N) is 1. The number of anilines is 2. The number of benzene rings is 1. The van der Waals surface area contributed by atoms with Crippen LogP contribution in [0.25, 0.3) is 0 Å². The van der Waals surface area contributed by atoms with E-state index >= 15 is 0 Å². The molecule has 2 aromatic rings. The first kappa shape index (κ1) is 10.9. The van der Waals surface area contributed by atoms with Crippen LogP contribution in [0.2, 0.25) is 0 Å². The lowest BCUT2D eigenvalue weighted by atomic mass is 10.2. The zero-order chi connectivity index (χ0) is 11.4. The van der Waals surface area contributed by atoms with Gasteiger partial charge in [-0.1, -0.05) is 30.3 Å². The maximum atomic E-state index is 5.51. The molecule has 1 aromatic heterocycles. The summed E-state index contributed by atoms with van der Waals surface area (Å²) in [4.78, 5) is 7.97. The monoisotopic (exact) mass is 278 g/mol. The third-order valence-electron chi connectivity index (χ3n) is 2.07. The van der Waals surface area contributed by atoms with Crippen molar-refractivity contribution in [3.8, 4) is 0 Å². The van der Waals surface area contributed by atoms with Gasteiger partial charge in [-0.15, -0.1) is 0 Å². The van der Waals surface area contributed by atoms with Crippen molar-refractivity contribution in [2.45, 2.75) is 6.54 Å². The van der Waals surface area contributed by atoms with E-state index in [-0.39, 0.29) is 5.95 Å². The number of nitrogens with zero attached hydrogens (tertiary/aromatic N) is 2. The van der Waals surface area contributed by atoms with Crippen molar-refractivity contribution in [2.24, 2.45) is 0 Å². The summed E-state index contributed by atoms with van der Waals surface area (Å²) in [5, 5.41) is 3.19. The molecule has 0 saturated carbocycles. The quantitative estimate of drug-likeness (QED) is 0.905. The largest absolute Gasteiger partial charge is 0.368 e. The number of aromatic nitrogens is 2. The van der Waals surface area contributed by atoms with E-state index in [9.17, 15) is 0 Å². The third kappa shape index (κ3) is 2.70. The van der Waals surface area contributed by atoms with Crippen LogP contribution in [-0.2, 0) is 6.54 Å². The van der Waals surface area contributed by atoms with Crippen LogP contribution in [-0.4, -0.2) is 9.97 Å². The molecule has 0 spiro atoms. The van der Waals surface area contributed by atoms with Gasteiger partial charge in [-0.05, 0) is 21.5 Å². The minimum Gasteiger partial charge on any atom is -0.368 e. The van der Waals surface area contributed by atoms with Gasteiger partial charge < -0.3 is 11.1 Å². The fourth-order valence-corrected chi connectivity index (χ4v) is 1.62. The van der Waals surface area contributed by atoms with Gasteiger partial charge in [0.25, 0.3) is 0 Å². The second-order valence-electron chi connectivity index (χ2n) is 3.26. The summed E-state index contributed by atoms with van der Waals surface area (Å²) in [7, 11) is 0. The van der Waals surface area contributed by atoms with Crippen molar-refractivity contribution in [1.29, 1.82) is 0 Å². The second-order valence-corrected chi connectivity index (χ2v) is 4.12. The minimum absolute atomic E-state index is 0.263. The van der Waals surface area contributed by atoms with Crippen molar-refractivity contribution in [2.75, 3.05) is 11.1 Å². The predicted octanol–water partition coefficient (Wildman–Crippen LogP) is 2.43. The molecule has 0 aliphatic carbocycles. The van der Waals surface area contributed by atoms with Gasteiger partial charge in [-0.3, -0.25) is 0 Å². The maximum absolute atomic E-state index is 5.51. The number of nitrogen functional groups attached to an aromatic ring is 1. The Morgan fingerprint density at radius 2 is 2.00 bits per heavy atom. The molecule has 3 N–H and O–H groups in total. The van der Waals surface area contributed by atoms with Gasteiger partial charge in [0.05, 0.1) is 4.47 Å². The Labute approximate surface area is 102 Å². The summed E-state index contributed by atoms with van der Waals surface area (Å²) in [6.07, 6.45) is 1.63. The molecule has 4 nitrogen and oxygen atoms in total. The molecule has 0 aliphatic heterocycles. The average molecular weight is 279 g/mol. The van der Waals surface area contributed by atoms with Gasteiger partial charge in [0.1, 0.15) is 5.82 Å². The molecule has 0 aliphatic rings. The summed E-state index contributed by atoms with van der Waals surface area (Å²) in [5.41, 5.74) is 6.70. The molecule has 0 atom stereocenters. The van der Waals surface area contributed by atoms with Crippen LogP contribution in [0.4, 0.5) is 11.8 Å². The molecule has 0 unspecified atom stereocenters. The Kier molecular flexibility index (Phi) is 3.36. The second kappa shape index (κ2) is 4.94. The normalized spacial score (nSPS) is 10.1. The maximum Gasteiger partial charge on any atom is 0.221 e. The lowest BCUT2D eigenvalue weighted by Gasteiger charge is -2.07. The fourth-order valence-electron chi connectivity index (χ4n) is 1.29. The smallest absolute Gasteiger partial charge is 0.221 e. The highest BCUT2D eigenvalue weighted by Gasteiger charge is 2.02. The molecule has 0 radical (unpaired) electrons. The first-order chi connectivity index (χ1) is 7.75. The molecule has 1 aromatic carbocycles. The van der Waals surface area contributed by atoms with Gasteiger partial charge in [-0.25, -0.2) is 4.98 Å². The molecule has 0 bridgehead atoms. The summed E-state index contributed by atoms with van der Waals surface area (Å²) < 4.78 is 0.803. The summed E-state index contributed by atoms with van der Waals surface area (Å²) in [6, 6.07) is 10.1. The highest BCUT2D eigenvalue weighted by molar-refractivity contribution is 9.10. The van der Waals surface area contributed by atoms with Crippen molar-refractivity contribution >= 4 is 27.7 Å². The number of hydrogen-bond acceptors (Lipinski definition) is 4. The summed E-state index contributed by atoms with van der Waals surface area (Å²) >= 11 is 3.36. The van der Waals surface area contributed by atoms with E-state index in [1.807, 2.05) is 30.3 Å². The van der Waals surface area contributed by atoms with E-state index in [2.05, 4.69) is 31.2 Å². The van der Waals surface area contributed by atoms with Crippen molar-refractivity contribution < 1.29 is 0 Å².